The molecule has 29 heavy (non-hydrogen) atoms. The summed E-state index contributed by atoms with van der Waals surface area (Å²) in [6.45, 7) is 2.21. The highest BCUT2D eigenvalue weighted by Crippen LogP contribution is 2.24. The van der Waals surface area contributed by atoms with Crippen molar-refractivity contribution >= 4 is 46.6 Å². The minimum absolute atomic E-state index is 0.228. The highest BCUT2D eigenvalue weighted by Gasteiger charge is 2.32. The number of anilines is 1. The number of carbonyl (C=O) groups excluding carboxylic acids is 1. The molecule has 0 bridgehead atoms. The zero-order chi connectivity index (χ0) is 20.4. The molecule has 4 rings (SSSR count). The first-order valence-electron chi connectivity index (χ1n) is 8.90. The lowest BCUT2D eigenvalue weighted by molar-refractivity contribution is -0.113. The van der Waals surface area contributed by atoms with Gasteiger partial charge >= 0.3 is 0 Å². The molecule has 0 spiro atoms. The standard InChI is InChI=1S/C22H17ClN2O3S/c1-14-4-2-6-16(10-14)25-21(26)20(24-22(25)29)12-18-8-9-19(28-18)13-27-17-7-3-5-15(23)11-17/h2-12H,13H2,1H3,(H,24,29)/b20-12+. The van der Waals surface area contributed by atoms with Crippen LogP contribution in [0.15, 0.2) is 70.8 Å². The first kappa shape index (κ1) is 19.2. The lowest BCUT2D eigenvalue weighted by Crippen LogP contribution is -2.30. The average molecular weight is 425 g/mol. The topological polar surface area (TPSA) is 54.7 Å². The number of thiocarbonyl (C=S) groups is 1. The predicted octanol–water partition coefficient (Wildman–Crippen LogP) is 5.08. The van der Waals surface area contributed by atoms with Crippen molar-refractivity contribution in [2.45, 2.75) is 13.5 Å². The highest BCUT2D eigenvalue weighted by molar-refractivity contribution is 7.80. The fourth-order valence-corrected chi connectivity index (χ4v) is 3.42. The average Bonchev–Trinajstić information content (AvgIpc) is 3.24. The molecule has 5 nitrogen and oxygen atoms in total. The van der Waals surface area contributed by atoms with Gasteiger partial charge in [0.25, 0.3) is 5.91 Å². The molecule has 1 saturated heterocycles. The van der Waals surface area contributed by atoms with Crippen LogP contribution in [0.4, 0.5) is 5.69 Å². The van der Waals surface area contributed by atoms with E-state index in [1.54, 1.807) is 30.3 Å². The smallest absolute Gasteiger partial charge is 0.281 e. The van der Waals surface area contributed by atoms with Gasteiger partial charge in [-0.25, -0.2) is 0 Å². The fraction of sp³-hybridized carbons (Fsp3) is 0.0909. The number of hydrogen-bond donors (Lipinski definition) is 1. The number of nitrogens with zero attached hydrogens (tertiary/aromatic N) is 1. The van der Waals surface area contributed by atoms with Gasteiger partial charge in [0, 0.05) is 11.1 Å². The van der Waals surface area contributed by atoms with E-state index in [1.807, 2.05) is 43.3 Å². The van der Waals surface area contributed by atoms with Gasteiger partial charge in [0.05, 0.1) is 5.69 Å². The number of amides is 1. The van der Waals surface area contributed by atoms with E-state index in [2.05, 4.69) is 5.32 Å². The summed E-state index contributed by atoms with van der Waals surface area (Å²) in [7, 11) is 0. The van der Waals surface area contributed by atoms with Gasteiger partial charge < -0.3 is 14.5 Å². The second kappa shape index (κ2) is 8.11. The third kappa shape index (κ3) is 4.34. The normalized spacial score (nSPS) is 15.1. The SMILES string of the molecule is Cc1cccc(N2C(=O)/C(=C\c3ccc(COc4cccc(Cl)c4)o3)NC2=S)c1. The Labute approximate surface area is 178 Å². The van der Waals surface area contributed by atoms with E-state index < -0.39 is 0 Å². The number of ether oxygens (including phenoxy) is 1. The van der Waals surface area contributed by atoms with Crippen LogP contribution in [0.5, 0.6) is 5.75 Å². The van der Waals surface area contributed by atoms with Crippen LogP contribution in [0.3, 0.4) is 0 Å². The molecule has 1 aliphatic rings. The van der Waals surface area contributed by atoms with Crippen molar-refractivity contribution < 1.29 is 13.9 Å². The van der Waals surface area contributed by atoms with E-state index in [0.717, 1.165) is 11.3 Å². The van der Waals surface area contributed by atoms with Crippen molar-refractivity contribution in [2.24, 2.45) is 0 Å². The molecule has 1 aromatic heterocycles. The Hall–Kier alpha value is -3.09. The van der Waals surface area contributed by atoms with E-state index in [4.69, 9.17) is 33.0 Å². The second-order valence-corrected chi connectivity index (χ2v) is 7.34. The van der Waals surface area contributed by atoms with Gasteiger partial charge in [-0.1, -0.05) is 29.8 Å². The lowest BCUT2D eigenvalue weighted by atomic mass is 10.2. The van der Waals surface area contributed by atoms with Crippen molar-refractivity contribution in [1.29, 1.82) is 0 Å². The van der Waals surface area contributed by atoms with Crippen molar-refractivity contribution in [3.8, 4) is 5.75 Å². The van der Waals surface area contributed by atoms with Crippen LogP contribution in [0.2, 0.25) is 5.02 Å². The highest BCUT2D eigenvalue weighted by atomic mass is 35.5. The molecule has 0 saturated carbocycles. The summed E-state index contributed by atoms with van der Waals surface area (Å²) in [6.07, 6.45) is 1.63. The van der Waals surface area contributed by atoms with Crippen LogP contribution >= 0.6 is 23.8 Å². The third-order valence-electron chi connectivity index (χ3n) is 4.28. The summed E-state index contributed by atoms with van der Waals surface area (Å²) >= 11 is 11.3. The number of hydrogen-bond acceptors (Lipinski definition) is 4. The number of benzene rings is 2. The summed E-state index contributed by atoms with van der Waals surface area (Å²) in [6, 6.07) is 18.3. The van der Waals surface area contributed by atoms with Crippen LogP contribution in [-0.2, 0) is 11.4 Å². The largest absolute Gasteiger partial charge is 0.486 e. The number of rotatable bonds is 5. The van der Waals surface area contributed by atoms with Crippen molar-refractivity contribution in [3.63, 3.8) is 0 Å². The summed E-state index contributed by atoms with van der Waals surface area (Å²) < 4.78 is 11.4. The summed E-state index contributed by atoms with van der Waals surface area (Å²) in [4.78, 5) is 14.3. The van der Waals surface area contributed by atoms with Gasteiger partial charge in [-0.05, 0) is 67.2 Å². The Balaban J connectivity index is 1.47. The van der Waals surface area contributed by atoms with Crippen LogP contribution < -0.4 is 15.0 Å². The zero-order valence-electron chi connectivity index (χ0n) is 15.5. The Morgan fingerprint density at radius 1 is 1.17 bits per heavy atom. The van der Waals surface area contributed by atoms with Crippen molar-refractivity contribution in [2.75, 3.05) is 4.90 Å². The first-order chi connectivity index (χ1) is 14.0. The molecule has 7 heteroatoms. The monoisotopic (exact) mass is 424 g/mol. The quantitative estimate of drug-likeness (QED) is 0.457. The van der Waals surface area contributed by atoms with Gasteiger partial charge in [-0.2, -0.15) is 0 Å². The minimum atomic E-state index is -0.228. The maximum atomic E-state index is 12.8. The second-order valence-electron chi connectivity index (χ2n) is 6.52. The molecule has 1 aliphatic heterocycles. The minimum Gasteiger partial charge on any atom is -0.486 e. The summed E-state index contributed by atoms with van der Waals surface area (Å²) in [5, 5.41) is 3.90. The van der Waals surface area contributed by atoms with Crippen molar-refractivity contribution in [3.05, 3.63) is 88.5 Å². The van der Waals surface area contributed by atoms with E-state index >= 15 is 0 Å². The molecule has 2 heterocycles. The van der Waals surface area contributed by atoms with Gasteiger partial charge in [0.15, 0.2) is 5.11 Å². The fourth-order valence-electron chi connectivity index (χ4n) is 2.94. The number of aryl methyl sites for hydroxylation is 1. The van der Waals surface area contributed by atoms with Crippen LogP contribution in [0.1, 0.15) is 17.1 Å². The van der Waals surface area contributed by atoms with E-state index in [9.17, 15) is 4.79 Å². The van der Waals surface area contributed by atoms with Gasteiger partial charge in [-0.3, -0.25) is 9.69 Å². The van der Waals surface area contributed by atoms with Crippen LogP contribution in [0.25, 0.3) is 6.08 Å². The Kier molecular flexibility index (Phi) is 5.38. The van der Waals surface area contributed by atoms with Gasteiger partial charge in [0.1, 0.15) is 29.6 Å². The number of nitrogens with one attached hydrogen (secondary N) is 1. The molecule has 0 aliphatic carbocycles. The van der Waals surface area contributed by atoms with Gasteiger partial charge in [-0.15, -0.1) is 0 Å². The third-order valence-corrected chi connectivity index (χ3v) is 4.80. The molecule has 0 atom stereocenters. The van der Waals surface area contributed by atoms with E-state index in [-0.39, 0.29) is 12.5 Å². The predicted molar refractivity (Wildman–Crippen MR) is 117 cm³/mol. The molecule has 1 N–H and O–H groups in total. The van der Waals surface area contributed by atoms with Crippen LogP contribution in [0, 0.1) is 6.92 Å². The maximum absolute atomic E-state index is 12.8. The molecule has 1 amide bonds. The first-order valence-corrected chi connectivity index (χ1v) is 9.69. The Morgan fingerprint density at radius 2 is 2.00 bits per heavy atom. The molecular formula is C22H17ClN2O3S. The molecular weight excluding hydrogens is 408 g/mol. The Morgan fingerprint density at radius 3 is 2.79 bits per heavy atom. The van der Waals surface area contributed by atoms with E-state index in [0.29, 0.717) is 33.1 Å². The van der Waals surface area contributed by atoms with Crippen molar-refractivity contribution in [1.82, 2.24) is 5.32 Å². The van der Waals surface area contributed by atoms with Crippen LogP contribution in [-0.4, -0.2) is 11.0 Å². The molecule has 0 radical (unpaired) electrons. The van der Waals surface area contributed by atoms with E-state index in [1.165, 1.54) is 4.90 Å². The Bertz CT molecular complexity index is 1120. The molecule has 1 fully saturated rings. The number of furan rings is 1. The zero-order valence-corrected chi connectivity index (χ0v) is 17.1. The summed E-state index contributed by atoms with van der Waals surface area (Å²) in [5.41, 5.74) is 2.13. The maximum Gasteiger partial charge on any atom is 0.281 e. The van der Waals surface area contributed by atoms with Gasteiger partial charge in [0.2, 0.25) is 0 Å². The summed E-state index contributed by atoms with van der Waals surface area (Å²) in [5.74, 6) is 1.58. The molecule has 2 aromatic carbocycles. The molecule has 146 valence electrons. The molecule has 3 aromatic rings. The number of halogens is 1. The lowest BCUT2D eigenvalue weighted by Gasteiger charge is -2.14. The molecule has 0 unspecified atom stereocenters. The number of carbonyl (C=O) groups is 1.